The Morgan fingerprint density at radius 1 is 1.36 bits per heavy atom. The molecular weight excluding hydrogens is 245 g/mol. The number of alkyl halides is 1. The van der Waals surface area contributed by atoms with Crippen LogP contribution in [0.3, 0.4) is 0 Å². The van der Waals surface area contributed by atoms with Crippen molar-refractivity contribution in [3.05, 3.63) is 34.3 Å². The highest BCUT2D eigenvalue weighted by atomic mass is 79.9. The van der Waals surface area contributed by atoms with E-state index >= 15 is 0 Å². The normalized spacial score (nSPS) is 12.8. The maximum atomic E-state index is 11.9. The van der Waals surface area contributed by atoms with Crippen molar-refractivity contribution in [3.63, 3.8) is 0 Å². The van der Waals surface area contributed by atoms with Gasteiger partial charge in [-0.1, -0.05) is 28.1 Å². The van der Waals surface area contributed by atoms with Crippen LogP contribution in [0, 0.1) is 0 Å². The number of halogens is 2. The van der Waals surface area contributed by atoms with Crippen molar-refractivity contribution >= 4 is 15.9 Å². The van der Waals surface area contributed by atoms with Gasteiger partial charge in [0.1, 0.15) is 0 Å². The molecular formula is C11H15BrFN. The van der Waals surface area contributed by atoms with Gasteiger partial charge in [0.15, 0.2) is 0 Å². The van der Waals surface area contributed by atoms with Crippen LogP contribution in [0.4, 0.5) is 4.39 Å². The second kappa shape index (κ2) is 6.14. The third-order valence-electron chi connectivity index (χ3n) is 2.13. The molecule has 78 valence electrons. The smallest absolute Gasteiger partial charge is 0.0906 e. The van der Waals surface area contributed by atoms with Crippen LogP contribution in [0.25, 0.3) is 0 Å². The van der Waals surface area contributed by atoms with E-state index in [-0.39, 0.29) is 12.7 Å². The maximum Gasteiger partial charge on any atom is 0.0906 e. The lowest BCUT2D eigenvalue weighted by atomic mass is 10.1. The maximum absolute atomic E-state index is 11.9. The summed E-state index contributed by atoms with van der Waals surface area (Å²) in [6, 6.07) is 8.45. The van der Waals surface area contributed by atoms with Crippen molar-refractivity contribution in [1.29, 1.82) is 0 Å². The Morgan fingerprint density at radius 2 is 2.00 bits per heavy atom. The molecule has 1 aromatic carbocycles. The summed E-state index contributed by atoms with van der Waals surface area (Å²) in [5, 5.41) is 3.26. The molecule has 0 fully saturated rings. The van der Waals surface area contributed by atoms with Gasteiger partial charge in [-0.3, -0.25) is 4.39 Å². The number of hydrogen-bond donors (Lipinski definition) is 1. The lowest BCUT2D eigenvalue weighted by Crippen LogP contribution is -2.20. The Morgan fingerprint density at radius 3 is 2.57 bits per heavy atom. The summed E-state index contributed by atoms with van der Waals surface area (Å²) in [6.45, 7) is 2.56. The molecule has 0 saturated heterocycles. The van der Waals surface area contributed by atoms with Crippen molar-refractivity contribution < 1.29 is 4.39 Å². The molecule has 0 bridgehead atoms. The fraction of sp³-hybridized carbons (Fsp3) is 0.455. The van der Waals surface area contributed by atoms with Crippen LogP contribution in [0.2, 0.25) is 0 Å². The summed E-state index contributed by atoms with van der Waals surface area (Å²) in [7, 11) is 0. The van der Waals surface area contributed by atoms with Crippen molar-refractivity contribution in [2.24, 2.45) is 0 Å². The van der Waals surface area contributed by atoms with Crippen LogP contribution in [-0.4, -0.2) is 13.2 Å². The second-order valence-electron chi connectivity index (χ2n) is 3.27. The Bertz CT molecular complexity index is 260. The molecule has 1 aromatic rings. The topological polar surface area (TPSA) is 12.0 Å². The van der Waals surface area contributed by atoms with Crippen LogP contribution in [0.5, 0.6) is 0 Å². The zero-order valence-corrected chi connectivity index (χ0v) is 9.85. The number of rotatable bonds is 5. The van der Waals surface area contributed by atoms with E-state index < -0.39 is 0 Å². The minimum atomic E-state index is -0.250. The number of benzene rings is 1. The molecule has 0 amide bonds. The molecule has 1 unspecified atom stereocenters. The lowest BCUT2D eigenvalue weighted by Gasteiger charge is -2.13. The monoisotopic (exact) mass is 259 g/mol. The standard InChI is InChI=1S/C11H15BrFN/c1-9(14-8-2-7-13)10-3-5-11(12)6-4-10/h3-6,9,14H,2,7-8H2,1H3. The predicted octanol–water partition coefficient (Wildman–Crippen LogP) is 3.46. The summed E-state index contributed by atoms with van der Waals surface area (Å²) >= 11 is 3.39. The fourth-order valence-electron chi connectivity index (χ4n) is 1.25. The van der Waals surface area contributed by atoms with Gasteiger partial charge in [-0.2, -0.15) is 0 Å². The molecule has 0 aromatic heterocycles. The van der Waals surface area contributed by atoms with Crippen LogP contribution in [-0.2, 0) is 0 Å². The van der Waals surface area contributed by atoms with Gasteiger partial charge in [0.2, 0.25) is 0 Å². The van der Waals surface area contributed by atoms with E-state index in [4.69, 9.17) is 0 Å². The van der Waals surface area contributed by atoms with E-state index in [1.807, 2.05) is 12.1 Å². The van der Waals surface area contributed by atoms with E-state index in [1.165, 1.54) is 5.56 Å². The number of hydrogen-bond acceptors (Lipinski definition) is 1. The molecule has 14 heavy (non-hydrogen) atoms. The first-order chi connectivity index (χ1) is 6.74. The molecule has 0 aliphatic rings. The van der Waals surface area contributed by atoms with Crippen molar-refractivity contribution in [2.45, 2.75) is 19.4 Å². The van der Waals surface area contributed by atoms with E-state index in [0.29, 0.717) is 6.42 Å². The van der Waals surface area contributed by atoms with Gasteiger partial charge >= 0.3 is 0 Å². The van der Waals surface area contributed by atoms with Gasteiger partial charge in [-0.25, -0.2) is 0 Å². The summed E-state index contributed by atoms with van der Waals surface area (Å²) in [5.41, 5.74) is 1.23. The quantitative estimate of drug-likeness (QED) is 0.799. The summed E-state index contributed by atoms with van der Waals surface area (Å²) in [6.07, 6.45) is 0.584. The fourth-order valence-corrected chi connectivity index (χ4v) is 1.52. The molecule has 0 aliphatic heterocycles. The summed E-state index contributed by atoms with van der Waals surface area (Å²) < 4.78 is 12.9. The van der Waals surface area contributed by atoms with E-state index in [9.17, 15) is 4.39 Å². The Kier molecular flexibility index (Phi) is 5.12. The van der Waals surface area contributed by atoms with Crippen molar-refractivity contribution in [3.8, 4) is 0 Å². The second-order valence-corrected chi connectivity index (χ2v) is 4.19. The highest BCUT2D eigenvalue weighted by Crippen LogP contribution is 2.16. The van der Waals surface area contributed by atoms with Gasteiger partial charge in [0, 0.05) is 10.5 Å². The van der Waals surface area contributed by atoms with E-state index in [2.05, 4.69) is 40.3 Å². The van der Waals surface area contributed by atoms with Gasteiger partial charge in [-0.05, 0) is 37.6 Å². The highest BCUT2D eigenvalue weighted by Gasteiger charge is 2.03. The third kappa shape index (κ3) is 3.76. The zero-order chi connectivity index (χ0) is 10.4. The van der Waals surface area contributed by atoms with Gasteiger partial charge in [0.05, 0.1) is 6.67 Å². The minimum absolute atomic E-state index is 0.250. The Labute approximate surface area is 92.8 Å². The third-order valence-corrected chi connectivity index (χ3v) is 2.66. The molecule has 3 heteroatoms. The van der Waals surface area contributed by atoms with E-state index in [1.54, 1.807) is 0 Å². The average Bonchev–Trinajstić information content (AvgIpc) is 2.19. The van der Waals surface area contributed by atoms with Gasteiger partial charge < -0.3 is 5.32 Å². The minimum Gasteiger partial charge on any atom is -0.310 e. The first kappa shape index (κ1) is 11.7. The summed E-state index contributed by atoms with van der Waals surface area (Å²) in [4.78, 5) is 0. The molecule has 1 nitrogen and oxygen atoms in total. The molecule has 1 N–H and O–H groups in total. The first-order valence-electron chi connectivity index (χ1n) is 4.79. The van der Waals surface area contributed by atoms with Gasteiger partial charge in [-0.15, -0.1) is 0 Å². The molecule has 0 saturated carbocycles. The van der Waals surface area contributed by atoms with Crippen LogP contribution < -0.4 is 5.32 Å². The molecule has 1 rings (SSSR count). The Balaban J connectivity index is 2.43. The van der Waals surface area contributed by atoms with Crippen LogP contribution in [0.15, 0.2) is 28.7 Å². The molecule has 0 radical (unpaired) electrons. The number of nitrogens with one attached hydrogen (secondary N) is 1. The average molecular weight is 260 g/mol. The molecule has 0 heterocycles. The predicted molar refractivity (Wildman–Crippen MR) is 61.2 cm³/mol. The van der Waals surface area contributed by atoms with Crippen LogP contribution >= 0.6 is 15.9 Å². The highest BCUT2D eigenvalue weighted by molar-refractivity contribution is 9.10. The lowest BCUT2D eigenvalue weighted by molar-refractivity contribution is 0.446. The van der Waals surface area contributed by atoms with E-state index in [0.717, 1.165) is 11.0 Å². The zero-order valence-electron chi connectivity index (χ0n) is 8.26. The van der Waals surface area contributed by atoms with Gasteiger partial charge in [0.25, 0.3) is 0 Å². The van der Waals surface area contributed by atoms with Crippen molar-refractivity contribution in [2.75, 3.05) is 13.2 Å². The van der Waals surface area contributed by atoms with Crippen molar-refractivity contribution in [1.82, 2.24) is 5.32 Å². The Hall–Kier alpha value is -0.410. The SMILES string of the molecule is CC(NCCCF)c1ccc(Br)cc1. The largest absolute Gasteiger partial charge is 0.310 e. The molecule has 0 spiro atoms. The first-order valence-corrected chi connectivity index (χ1v) is 5.58. The summed E-state index contributed by atoms with van der Waals surface area (Å²) in [5.74, 6) is 0. The molecule has 1 atom stereocenters. The van der Waals surface area contributed by atoms with Crippen LogP contribution in [0.1, 0.15) is 24.9 Å². The molecule has 0 aliphatic carbocycles.